The average Bonchev–Trinajstić information content (AvgIpc) is 2.23. The number of nitrogens with one attached hydrogen (secondary N) is 1. The molecule has 0 radical (unpaired) electrons. The zero-order valence-corrected chi connectivity index (χ0v) is 12.3. The molecule has 0 aromatic carbocycles. The van der Waals surface area contributed by atoms with Gasteiger partial charge in [0.2, 0.25) is 0 Å². The maximum atomic E-state index is 13.4. The molecule has 0 bridgehead atoms. The van der Waals surface area contributed by atoms with Gasteiger partial charge < -0.3 is 10.2 Å². The zero-order valence-electron chi connectivity index (χ0n) is 12.3. The highest BCUT2D eigenvalue weighted by molar-refractivity contribution is 5.03. The Morgan fingerprint density at radius 1 is 1.47 bits per heavy atom. The Morgan fingerprint density at radius 2 is 2.06 bits per heavy atom. The number of halogens is 1. The van der Waals surface area contributed by atoms with Gasteiger partial charge in [0.1, 0.15) is 5.67 Å². The van der Waals surface area contributed by atoms with Crippen LogP contribution in [0.15, 0.2) is 11.8 Å². The number of hydrogen-bond donors (Lipinski definition) is 1. The lowest BCUT2D eigenvalue weighted by atomic mass is 10.0. The van der Waals surface area contributed by atoms with Crippen molar-refractivity contribution in [1.29, 1.82) is 0 Å². The van der Waals surface area contributed by atoms with Gasteiger partial charge in [-0.3, -0.25) is 0 Å². The molecule has 0 fully saturated rings. The first-order chi connectivity index (χ1) is 7.80. The molecule has 0 amide bonds. The van der Waals surface area contributed by atoms with Crippen molar-refractivity contribution in [2.75, 3.05) is 20.6 Å². The number of nitrogens with zero attached hydrogens (tertiary/aromatic N) is 1. The van der Waals surface area contributed by atoms with Crippen LogP contribution in [0.1, 0.15) is 47.0 Å². The Morgan fingerprint density at radius 3 is 2.47 bits per heavy atom. The lowest BCUT2D eigenvalue weighted by Crippen LogP contribution is -2.27. The van der Waals surface area contributed by atoms with Gasteiger partial charge in [-0.1, -0.05) is 6.92 Å². The molecule has 3 heteroatoms. The molecule has 17 heavy (non-hydrogen) atoms. The zero-order chi connectivity index (χ0) is 13.5. The maximum absolute atomic E-state index is 13.4. The van der Waals surface area contributed by atoms with Crippen LogP contribution < -0.4 is 5.32 Å². The molecule has 0 aromatic heterocycles. The van der Waals surface area contributed by atoms with Crippen LogP contribution in [0, 0.1) is 0 Å². The van der Waals surface area contributed by atoms with Crippen molar-refractivity contribution < 1.29 is 4.39 Å². The van der Waals surface area contributed by atoms with E-state index in [1.807, 2.05) is 7.05 Å². The summed E-state index contributed by atoms with van der Waals surface area (Å²) < 4.78 is 13.4. The molecule has 102 valence electrons. The van der Waals surface area contributed by atoms with E-state index in [1.54, 1.807) is 13.8 Å². The minimum absolute atomic E-state index is 0.378. The van der Waals surface area contributed by atoms with E-state index in [4.69, 9.17) is 0 Å². The highest BCUT2D eigenvalue weighted by Crippen LogP contribution is 2.19. The van der Waals surface area contributed by atoms with E-state index in [2.05, 4.69) is 37.3 Å². The van der Waals surface area contributed by atoms with E-state index in [0.29, 0.717) is 12.5 Å². The quantitative estimate of drug-likeness (QED) is 0.704. The smallest absolute Gasteiger partial charge is 0.105 e. The van der Waals surface area contributed by atoms with E-state index in [1.165, 1.54) is 5.57 Å². The summed E-state index contributed by atoms with van der Waals surface area (Å²) in [7, 11) is 4.03. The molecule has 1 N–H and O–H groups in total. The molecular formula is C14H29FN2. The molecule has 2 nitrogen and oxygen atoms in total. The van der Waals surface area contributed by atoms with Crippen molar-refractivity contribution in [2.45, 2.75) is 58.7 Å². The van der Waals surface area contributed by atoms with Gasteiger partial charge in [-0.2, -0.15) is 0 Å². The van der Waals surface area contributed by atoms with Crippen LogP contribution >= 0.6 is 0 Å². The van der Waals surface area contributed by atoms with Crippen LogP contribution in [0.4, 0.5) is 4.39 Å². The molecule has 0 heterocycles. The van der Waals surface area contributed by atoms with E-state index in [9.17, 15) is 4.39 Å². The molecule has 0 saturated carbocycles. The van der Waals surface area contributed by atoms with E-state index in [0.717, 1.165) is 19.4 Å². The first kappa shape index (κ1) is 16.4. The summed E-state index contributed by atoms with van der Waals surface area (Å²) in [6.07, 6.45) is 4.73. The van der Waals surface area contributed by atoms with Gasteiger partial charge in [0.25, 0.3) is 0 Å². The average molecular weight is 244 g/mol. The largest absolute Gasteiger partial charge is 0.378 e. The fourth-order valence-corrected chi connectivity index (χ4v) is 1.66. The summed E-state index contributed by atoms with van der Waals surface area (Å²) in [5.41, 5.74) is 0.318. The Kier molecular flexibility index (Phi) is 7.44. The minimum Gasteiger partial charge on any atom is -0.378 e. The third kappa shape index (κ3) is 8.19. The number of hydrogen-bond acceptors (Lipinski definition) is 2. The predicted octanol–water partition coefficient (Wildman–Crippen LogP) is 3.35. The van der Waals surface area contributed by atoms with Gasteiger partial charge >= 0.3 is 0 Å². The number of rotatable bonds is 8. The second kappa shape index (κ2) is 7.70. The summed E-state index contributed by atoms with van der Waals surface area (Å²) in [6, 6.07) is 0.378. The molecule has 0 spiro atoms. The third-order valence-corrected chi connectivity index (χ3v) is 3.10. The standard InChI is InChI=1S/C14H29FN2/c1-7-13(10-16-5)11-17(6)12(2)8-9-14(3,4)15/h11-12,16H,7-10H2,1-6H3. The van der Waals surface area contributed by atoms with Crippen LogP contribution in [-0.4, -0.2) is 37.3 Å². The van der Waals surface area contributed by atoms with Crippen LogP contribution in [-0.2, 0) is 0 Å². The monoisotopic (exact) mass is 244 g/mol. The fraction of sp³-hybridized carbons (Fsp3) is 0.857. The molecule has 0 aliphatic carbocycles. The first-order valence-electron chi connectivity index (χ1n) is 6.55. The fourth-order valence-electron chi connectivity index (χ4n) is 1.66. The summed E-state index contributed by atoms with van der Waals surface area (Å²) >= 11 is 0. The van der Waals surface area contributed by atoms with Gasteiger partial charge in [0.05, 0.1) is 0 Å². The van der Waals surface area contributed by atoms with Crippen LogP contribution in [0.5, 0.6) is 0 Å². The van der Waals surface area contributed by atoms with E-state index in [-0.39, 0.29) is 0 Å². The molecular weight excluding hydrogens is 215 g/mol. The third-order valence-electron chi connectivity index (χ3n) is 3.10. The molecule has 0 aromatic rings. The summed E-state index contributed by atoms with van der Waals surface area (Å²) in [5.74, 6) is 0. The van der Waals surface area contributed by atoms with Gasteiger partial charge in [0, 0.05) is 19.6 Å². The summed E-state index contributed by atoms with van der Waals surface area (Å²) in [6.45, 7) is 8.52. The van der Waals surface area contributed by atoms with Crippen LogP contribution in [0.3, 0.4) is 0 Å². The summed E-state index contributed by atoms with van der Waals surface area (Å²) in [5, 5.41) is 3.16. The normalized spacial score (nSPS) is 14.9. The van der Waals surface area contributed by atoms with Gasteiger partial charge in [0.15, 0.2) is 0 Å². The van der Waals surface area contributed by atoms with Crippen molar-refractivity contribution in [1.82, 2.24) is 10.2 Å². The lowest BCUT2D eigenvalue weighted by molar-refractivity contribution is 0.178. The molecule has 1 atom stereocenters. The summed E-state index contributed by atoms with van der Waals surface area (Å²) in [4.78, 5) is 2.20. The molecule has 0 aliphatic heterocycles. The van der Waals surface area contributed by atoms with Crippen LogP contribution in [0.25, 0.3) is 0 Å². The molecule has 0 saturated heterocycles. The predicted molar refractivity (Wildman–Crippen MR) is 73.9 cm³/mol. The maximum Gasteiger partial charge on any atom is 0.105 e. The van der Waals surface area contributed by atoms with Gasteiger partial charge in [-0.05, 0) is 58.9 Å². The van der Waals surface area contributed by atoms with Crippen molar-refractivity contribution in [3.05, 3.63) is 11.8 Å². The minimum atomic E-state index is -1.06. The van der Waals surface area contributed by atoms with Crippen molar-refractivity contribution in [3.63, 3.8) is 0 Å². The SMILES string of the molecule is CCC(=CN(C)C(C)CCC(C)(C)F)CNC. The highest BCUT2D eigenvalue weighted by Gasteiger charge is 2.17. The van der Waals surface area contributed by atoms with Gasteiger partial charge in [-0.25, -0.2) is 4.39 Å². The Balaban J connectivity index is 4.24. The Labute approximate surface area is 106 Å². The van der Waals surface area contributed by atoms with Gasteiger partial charge in [-0.15, -0.1) is 0 Å². The number of likely N-dealkylation sites (N-methyl/N-ethyl adjacent to an activating group) is 1. The first-order valence-corrected chi connectivity index (χ1v) is 6.55. The molecule has 1 unspecified atom stereocenters. The number of alkyl halides is 1. The highest BCUT2D eigenvalue weighted by atomic mass is 19.1. The van der Waals surface area contributed by atoms with Crippen molar-refractivity contribution in [3.8, 4) is 0 Å². The van der Waals surface area contributed by atoms with Crippen LogP contribution in [0.2, 0.25) is 0 Å². The Bertz CT molecular complexity index is 231. The van der Waals surface area contributed by atoms with E-state index >= 15 is 0 Å². The lowest BCUT2D eigenvalue weighted by Gasteiger charge is -2.26. The second-order valence-corrected chi connectivity index (χ2v) is 5.44. The topological polar surface area (TPSA) is 15.3 Å². The van der Waals surface area contributed by atoms with Crippen molar-refractivity contribution >= 4 is 0 Å². The molecule has 0 aliphatic rings. The Hall–Kier alpha value is -0.570. The van der Waals surface area contributed by atoms with Crippen molar-refractivity contribution in [2.24, 2.45) is 0 Å². The van der Waals surface area contributed by atoms with E-state index < -0.39 is 5.67 Å². The second-order valence-electron chi connectivity index (χ2n) is 5.44. The molecule has 0 rings (SSSR count).